The zero-order valence-electron chi connectivity index (χ0n) is 24.3. The molecule has 0 aliphatic carbocycles. The minimum Gasteiger partial charge on any atom is -0.455 e. The van der Waals surface area contributed by atoms with Crippen LogP contribution in [0.2, 0.25) is 0 Å². The molecule has 0 bridgehead atoms. The van der Waals surface area contributed by atoms with Gasteiger partial charge in [0.2, 0.25) is 0 Å². The van der Waals surface area contributed by atoms with Gasteiger partial charge in [0.15, 0.2) is 5.82 Å². The van der Waals surface area contributed by atoms with E-state index >= 15 is 0 Å². The molecule has 0 saturated heterocycles. The first-order chi connectivity index (χ1) is 22.3. The van der Waals surface area contributed by atoms with E-state index in [2.05, 4.69) is 127 Å². The zero-order valence-corrected chi connectivity index (χ0v) is 24.3. The van der Waals surface area contributed by atoms with E-state index in [0.717, 1.165) is 72.0 Å². The van der Waals surface area contributed by atoms with E-state index in [1.54, 1.807) is 0 Å². The number of fused-ring (bicyclic) bond motifs is 6. The van der Waals surface area contributed by atoms with Crippen molar-refractivity contribution in [2.75, 3.05) is 0 Å². The number of para-hydroxylation sites is 2. The summed E-state index contributed by atoms with van der Waals surface area (Å²) in [5.41, 5.74) is 10.4. The molecular weight excluding hydrogens is 548 g/mol. The molecule has 0 aliphatic heterocycles. The lowest BCUT2D eigenvalue weighted by Crippen LogP contribution is -1.95. The molecule has 0 aliphatic rings. The molecule has 210 valence electrons. The summed E-state index contributed by atoms with van der Waals surface area (Å²) in [6, 6.07) is 55.0. The summed E-state index contributed by atoms with van der Waals surface area (Å²) in [5, 5.41) is 5.61. The van der Waals surface area contributed by atoms with Crippen molar-refractivity contribution in [1.29, 1.82) is 0 Å². The standard InChI is InChI=1S/C42H26N2O/c1-2-8-27(9-3-1)28-16-21-32(22-17-28)42-43-38-12-6-4-11-36(38)40(44-42)31-19-14-29(15-20-31)33-23-18-30-24-25-35-34-10-5-7-13-39(34)45-41(35)37(30)26-33/h1-26H. The molecule has 2 aromatic heterocycles. The Labute approximate surface area is 260 Å². The molecule has 0 spiro atoms. The van der Waals surface area contributed by atoms with Crippen LogP contribution in [-0.2, 0) is 0 Å². The average Bonchev–Trinajstić information content (AvgIpc) is 3.51. The molecule has 9 aromatic rings. The number of rotatable bonds is 4. The first-order valence-electron chi connectivity index (χ1n) is 15.2. The van der Waals surface area contributed by atoms with Gasteiger partial charge in [-0.05, 0) is 51.9 Å². The van der Waals surface area contributed by atoms with E-state index in [1.165, 1.54) is 16.5 Å². The SMILES string of the molecule is c1ccc(-c2ccc(-c3nc(-c4ccc(-c5ccc6ccc7c8ccccc8oc7c6c5)cc4)c4ccccc4n3)cc2)cc1. The van der Waals surface area contributed by atoms with Gasteiger partial charge in [0, 0.05) is 32.7 Å². The van der Waals surface area contributed by atoms with Crippen molar-refractivity contribution in [2.45, 2.75) is 0 Å². The van der Waals surface area contributed by atoms with Gasteiger partial charge in [0.25, 0.3) is 0 Å². The van der Waals surface area contributed by atoms with Crippen LogP contribution in [0.1, 0.15) is 0 Å². The van der Waals surface area contributed by atoms with E-state index in [9.17, 15) is 0 Å². The molecule has 0 saturated carbocycles. The van der Waals surface area contributed by atoms with E-state index in [4.69, 9.17) is 14.4 Å². The lowest BCUT2D eigenvalue weighted by Gasteiger charge is -2.11. The van der Waals surface area contributed by atoms with Gasteiger partial charge >= 0.3 is 0 Å². The van der Waals surface area contributed by atoms with Crippen LogP contribution in [0.25, 0.3) is 88.5 Å². The number of hydrogen-bond acceptors (Lipinski definition) is 3. The fraction of sp³-hybridized carbons (Fsp3) is 0. The third-order valence-corrected chi connectivity index (χ3v) is 8.71. The van der Waals surface area contributed by atoms with Gasteiger partial charge in [-0.3, -0.25) is 0 Å². The first-order valence-corrected chi connectivity index (χ1v) is 15.2. The Morgan fingerprint density at radius 3 is 1.80 bits per heavy atom. The monoisotopic (exact) mass is 574 g/mol. The second-order valence-electron chi connectivity index (χ2n) is 11.4. The largest absolute Gasteiger partial charge is 0.455 e. The summed E-state index contributed by atoms with van der Waals surface area (Å²) >= 11 is 0. The third-order valence-electron chi connectivity index (χ3n) is 8.71. The van der Waals surface area contributed by atoms with E-state index < -0.39 is 0 Å². The van der Waals surface area contributed by atoms with Crippen molar-refractivity contribution < 1.29 is 4.42 Å². The van der Waals surface area contributed by atoms with Gasteiger partial charge in [-0.1, -0.05) is 133 Å². The van der Waals surface area contributed by atoms with Crippen LogP contribution in [0.5, 0.6) is 0 Å². The van der Waals surface area contributed by atoms with Crippen LogP contribution in [0.4, 0.5) is 0 Å². The van der Waals surface area contributed by atoms with Gasteiger partial charge in [0.1, 0.15) is 11.2 Å². The van der Waals surface area contributed by atoms with Crippen molar-refractivity contribution in [3.63, 3.8) is 0 Å². The fourth-order valence-electron chi connectivity index (χ4n) is 6.37. The zero-order chi connectivity index (χ0) is 29.7. The van der Waals surface area contributed by atoms with Crippen LogP contribution in [-0.4, -0.2) is 9.97 Å². The van der Waals surface area contributed by atoms with Crippen molar-refractivity contribution in [1.82, 2.24) is 9.97 Å². The van der Waals surface area contributed by atoms with Gasteiger partial charge in [0.05, 0.1) is 11.2 Å². The van der Waals surface area contributed by atoms with E-state index in [0.29, 0.717) is 0 Å². The van der Waals surface area contributed by atoms with Crippen LogP contribution in [0.15, 0.2) is 162 Å². The summed E-state index contributed by atoms with van der Waals surface area (Å²) in [4.78, 5) is 10.1. The smallest absolute Gasteiger partial charge is 0.160 e. The Bertz CT molecular complexity index is 2510. The molecule has 0 N–H and O–H groups in total. The van der Waals surface area contributed by atoms with Gasteiger partial charge < -0.3 is 4.42 Å². The number of benzene rings is 7. The first kappa shape index (κ1) is 25.4. The van der Waals surface area contributed by atoms with Crippen LogP contribution in [0, 0.1) is 0 Å². The molecular formula is C42H26N2O. The Hall–Kier alpha value is -6.06. The summed E-state index contributed by atoms with van der Waals surface area (Å²) in [7, 11) is 0. The molecule has 0 atom stereocenters. The second kappa shape index (κ2) is 10.3. The van der Waals surface area contributed by atoms with Crippen molar-refractivity contribution in [2.24, 2.45) is 0 Å². The summed E-state index contributed by atoms with van der Waals surface area (Å²) in [6.45, 7) is 0. The van der Waals surface area contributed by atoms with Gasteiger partial charge in [-0.15, -0.1) is 0 Å². The maximum Gasteiger partial charge on any atom is 0.160 e. The summed E-state index contributed by atoms with van der Waals surface area (Å²) in [6.07, 6.45) is 0. The number of furan rings is 1. The van der Waals surface area contributed by atoms with E-state index in [1.807, 2.05) is 30.3 Å². The highest BCUT2D eigenvalue weighted by molar-refractivity contribution is 6.15. The maximum absolute atomic E-state index is 6.34. The number of hydrogen-bond donors (Lipinski definition) is 0. The average molecular weight is 575 g/mol. The Balaban J connectivity index is 1.11. The summed E-state index contributed by atoms with van der Waals surface area (Å²) < 4.78 is 6.34. The molecule has 7 aromatic carbocycles. The highest BCUT2D eigenvalue weighted by atomic mass is 16.3. The van der Waals surface area contributed by atoms with Gasteiger partial charge in [-0.2, -0.15) is 0 Å². The van der Waals surface area contributed by atoms with E-state index in [-0.39, 0.29) is 0 Å². The van der Waals surface area contributed by atoms with Crippen LogP contribution < -0.4 is 0 Å². The minimum atomic E-state index is 0.719. The molecule has 0 fully saturated rings. The molecule has 0 amide bonds. The Kier molecular flexibility index (Phi) is 5.82. The number of aromatic nitrogens is 2. The lowest BCUT2D eigenvalue weighted by atomic mass is 9.97. The fourth-order valence-corrected chi connectivity index (χ4v) is 6.37. The molecule has 2 heterocycles. The quantitative estimate of drug-likeness (QED) is 0.210. The molecule has 9 rings (SSSR count). The predicted octanol–water partition coefficient (Wildman–Crippen LogP) is 11.4. The van der Waals surface area contributed by atoms with Crippen LogP contribution in [0.3, 0.4) is 0 Å². The molecule has 0 radical (unpaired) electrons. The molecule has 0 unspecified atom stereocenters. The van der Waals surface area contributed by atoms with Crippen molar-refractivity contribution in [3.8, 4) is 44.9 Å². The predicted molar refractivity (Wildman–Crippen MR) is 186 cm³/mol. The van der Waals surface area contributed by atoms with Gasteiger partial charge in [-0.25, -0.2) is 9.97 Å². The topological polar surface area (TPSA) is 38.9 Å². The van der Waals surface area contributed by atoms with Crippen LogP contribution >= 0.6 is 0 Å². The highest BCUT2D eigenvalue weighted by Crippen LogP contribution is 2.37. The second-order valence-corrected chi connectivity index (χ2v) is 11.4. The molecule has 3 heteroatoms. The van der Waals surface area contributed by atoms with Crippen molar-refractivity contribution in [3.05, 3.63) is 158 Å². The minimum absolute atomic E-state index is 0.719. The molecule has 45 heavy (non-hydrogen) atoms. The molecule has 3 nitrogen and oxygen atoms in total. The lowest BCUT2D eigenvalue weighted by molar-refractivity contribution is 0.672. The summed E-state index contributed by atoms with van der Waals surface area (Å²) in [5.74, 6) is 0.719. The third kappa shape index (κ3) is 4.37. The normalized spacial score (nSPS) is 11.6. The highest BCUT2D eigenvalue weighted by Gasteiger charge is 2.14. The maximum atomic E-state index is 6.34. The van der Waals surface area contributed by atoms with Crippen molar-refractivity contribution >= 4 is 43.6 Å². The Morgan fingerprint density at radius 2 is 0.978 bits per heavy atom. The Morgan fingerprint density at radius 1 is 0.378 bits per heavy atom. The number of nitrogens with zero attached hydrogens (tertiary/aromatic N) is 2.